The predicted molar refractivity (Wildman–Crippen MR) is 82.4 cm³/mol. The summed E-state index contributed by atoms with van der Waals surface area (Å²) in [6, 6.07) is 17.5. The van der Waals surface area contributed by atoms with Gasteiger partial charge in [-0.15, -0.1) is 0 Å². The molecule has 2 aromatic carbocycles. The fourth-order valence-electron chi connectivity index (χ4n) is 2.03. The molecule has 0 bridgehead atoms. The van der Waals surface area contributed by atoms with Crippen LogP contribution in [0.5, 0.6) is 0 Å². The van der Waals surface area contributed by atoms with Gasteiger partial charge in [0, 0.05) is 15.5 Å². The first kappa shape index (κ1) is 12.8. The first-order valence-electron chi connectivity index (χ1n) is 6.17. The summed E-state index contributed by atoms with van der Waals surface area (Å²) in [5.41, 5.74) is 2.46. The zero-order valence-corrected chi connectivity index (χ0v) is 12.1. The number of nitrogens with one attached hydrogen (secondary N) is 1. The van der Waals surface area contributed by atoms with E-state index in [4.69, 9.17) is 9.68 Å². The van der Waals surface area contributed by atoms with Crippen LogP contribution in [0.15, 0.2) is 57.4 Å². The normalized spacial score (nSPS) is 10.4. The highest BCUT2D eigenvalue weighted by atomic mass is 79.9. The van der Waals surface area contributed by atoms with Gasteiger partial charge in [0.25, 0.3) is 0 Å². The van der Waals surface area contributed by atoms with Gasteiger partial charge in [-0.25, -0.2) is 0 Å². The third kappa shape index (κ3) is 2.54. The van der Waals surface area contributed by atoms with E-state index >= 15 is 0 Å². The van der Waals surface area contributed by atoms with Crippen molar-refractivity contribution in [1.82, 2.24) is 0 Å². The quantitative estimate of drug-likeness (QED) is 0.760. The number of hydrogen-bond acceptors (Lipinski definition) is 3. The lowest BCUT2D eigenvalue weighted by Gasteiger charge is -2.06. The average Bonchev–Trinajstić information content (AvgIpc) is 2.88. The summed E-state index contributed by atoms with van der Waals surface area (Å²) < 4.78 is 6.61. The number of rotatable bonds is 3. The summed E-state index contributed by atoms with van der Waals surface area (Å²) in [5, 5.41) is 13.2. The Morgan fingerprint density at radius 3 is 2.75 bits per heavy atom. The Hall–Kier alpha value is -2.25. The van der Waals surface area contributed by atoms with Gasteiger partial charge < -0.3 is 9.73 Å². The number of anilines is 1. The van der Waals surface area contributed by atoms with Crippen LogP contribution in [-0.2, 0) is 6.54 Å². The van der Waals surface area contributed by atoms with Gasteiger partial charge in [-0.05, 0) is 46.3 Å². The fraction of sp³-hybridized carbons (Fsp3) is 0.0625. The fourth-order valence-corrected chi connectivity index (χ4v) is 2.55. The van der Waals surface area contributed by atoms with Crippen LogP contribution in [0.4, 0.5) is 5.69 Å². The predicted octanol–water partition coefficient (Wildman–Crippen LogP) is 4.68. The Bertz CT molecular complexity index is 769. The molecule has 3 nitrogen and oxygen atoms in total. The van der Waals surface area contributed by atoms with E-state index in [-0.39, 0.29) is 0 Å². The molecule has 0 saturated carbocycles. The first-order valence-corrected chi connectivity index (χ1v) is 6.96. The summed E-state index contributed by atoms with van der Waals surface area (Å²) in [6.07, 6.45) is 0. The summed E-state index contributed by atoms with van der Waals surface area (Å²) in [6.45, 7) is 0.596. The lowest BCUT2D eigenvalue weighted by atomic mass is 10.2. The number of hydrogen-bond donors (Lipinski definition) is 1. The van der Waals surface area contributed by atoms with E-state index in [0.717, 1.165) is 26.9 Å². The Morgan fingerprint density at radius 1 is 1.15 bits per heavy atom. The molecule has 0 fully saturated rings. The number of furan rings is 1. The molecule has 0 radical (unpaired) electrons. The van der Waals surface area contributed by atoms with E-state index in [1.807, 2.05) is 36.4 Å². The van der Waals surface area contributed by atoms with Crippen LogP contribution in [0.3, 0.4) is 0 Å². The topological polar surface area (TPSA) is 49.0 Å². The Labute approximate surface area is 125 Å². The van der Waals surface area contributed by atoms with Crippen molar-refractivity contribution >= 4 is 32.6 Å². The molecule has 0 saturated heterocycles. The van der Waals surface area contributed by atoms with Crippen molar-refractivity contribution in [1.29, 1.82) is 5.26 Å². The van der Waals surface area contributed by atoms with E-state index in [1.54, 1.807) is 12.1 Å². The van der Waals surface area contributed by atoms with Crippen LogP contribution in [0, 0.1) is 11.3 Å². The Morgan fingerprint density at radius 2 is 2.00 bits per heavy atom. The van der Waals surface area contributed by atoms with Gasteiger partial charge in [-0.1, -0.05) is 18.2 Å². The van der Waals surface area contributed by atoms with E-state index < -0.39 is 0 Å². The highest BCUT2D eigenvalue weighted by molar-refractivity contribution is 9.10. The second-order valence-corrected chi connectivity index (χ2v) is 5.26. The maximum Gasteiger partial charge on any atom is 0.134 e. The highest BCUT2D eigenvalue weighted by Crippen LogP contribution is 2.25. The molecule has 0 unspecified atom stereocenters. The number of para-hydroxylation sites is 1. The number of fused-ring (bicyclic) bond motifs is 1. The van der Waals surface area contributed by atoms with E-state index in [2.05, 4.69) is 27.3 Å². The molecule has 1 N–H and O–H groups in total. The summed E-state index contributed by atoms with van der Waals surface area (Å²) in [5.74, 6) is 0.877. The second-order valence-electron chi connectivity index (χ2n) is 4.41. The molecule has 98 valence electrons. The second kappa shape index (κ2) is 5.40. The van der Waals surface area contributed by atoms with Crippen LogP contribution in [0.2, 0.25) is 0 Å². The number of halogens is 1. The highest BCUT2D eigenvalue weighted by Gasteiger charge is 2.05. The van der Waals surface area contributed by atoms with Crippen molar-refractivity contribution in [2.45, 2.75) is 6.54 Å². The lowest BCUT2D eigenvalue weighted by Crippen LogP contribution is -1.98. The van der Waals surface area contributed by atoms with Crippen LogP contribution < -0.4 is 5.32 Å². The third-order valence-corrected chi connectivity index (χ3v) is 3.68. The largest absolute Gasteiger partial charge is 0.459 e. The van der Waals surface area contributed by atoms with Gasteiger partial charge in [-0.3, -0.25) is 0 Å². The lowest BCUT2D eigenvalue weighted by molar-refractivity contribution is 0.559. The van der Waals surface area contributed by atoms with Gasteiger partial charge in [0.05, 0.1) is 18.2 Å². The summed E-state index contributed by atoms with van der Waals surface area (Å²) in [4.78, 5) is 0. The monoisotopic (exact) mass is 326 g/mol. The number of nitriles is 1. The summed E-state index contributed by atoms with van der Waals surface area (Å²) >= 11 is 3.45. The van der Waals surface area contributed by atoms with Gasteiger partial charge in [0.2, 0.25) is 0 Å². The van der Waals surface area contributed by atoms with Crippen LogP contribution in [0.25, 0.3) is 11.0 Å². The molecule has 0 atom stereocenters. The zero-order valence-electron chi connectivity index (χ0n) is 10.6. The smallest absolute Gasteiger partial charge is 0.134 e. The molecule has 0 aliphatic carbocycles. The molecule has 0 aliphatic rings. The SMILES string of the molecule is N#Cc1ccc(NCc2cc3ccccc3o2)c(Br)c1. The van der Waals surface area contributed by atoms with Crippen LogP contribution >= 0.6 is 15.9 Å². The van der Waals surface area contributed by atoms with Crippen molar-refractivity contribution < 1.29 is 4.42 Å². The van der Waals surface area contributed by atoms with Crippen molar-refractivity contribution in [3.8, 4) is 6.07 Å². The number of benzene rings is 2. The molecule has 4 heteroatoms. The average molecular weight is 327 g/mol. The molecule has 0 aliphatic heterocycles. The minimum Gasteiger partial charge on any atom is -0.459 e. The molecule has 20 heavy (non-hydrogen) atoms. The van der Waals surface area contributed by atoms with Crippen molar-refractivity contribution in [2.75, 3.05) is 5.32 Å². The molecule has 1 heterocycles. The van der Waals surface area contributed by atoms with Crippen molar-refractivity contribution in [2.24, 2.45) is 0 Å². The zero-order chi connectivity index (χ0) is 13.9. The van der Waals surface area contributed by atoms with E-state index in [0.29, 0.717) is 12.1 Å². The minimum absolute atomic E-state index is 0.596. The third-order valence-electron chi connectivity index (χ3n) is 3.03. The first-order chi connectivity index (χ1) is 9.76. The molecular weight excluding hydrogens is 316 g/mol. The van der Waals surface area contributed by atoms with Gasteiger partial charge in [0.15, 0.2) is 0 Å². The van der Waals surface area contributed by atoms with Gasteiger partial charge >= 0.3 is 0 Å². The minimum atomic E-state index is 0.596. The molecular formula is C16H11BrN2O. The standard InChI is InChI=1S/C16H11BrN2O/c17-14-7-11(9-18)5-6-15(14)19-10-13-8-12-3-1-2-4-16(12)20-13/h1-8,19H,10H2. The maximum absolute atomic E-state index is 8.84. The van der Waals surface area contributed by atoms with Gasteiger partial charge in [-0.2, -0.15) is 5.26 Å². The Kier molecular flexibility index (Phi) is 3.44. The van der Waals surface area contributed by atoms with Crippen molar-refractivity contribution in [3.05, 3.63) is 64.3 Å². The molecule has 0 spiro atoms. The van der Waals surface area contributed by atoms with E-state index in [1.165, 1.54) is 0 Å². The van der Waals surface area contributed by atoms with Crippen LogP contribution in [0.1, 0.15) is 11.3 Å². The molecule has 3 rings (SSSR count). The van der Waals surface area contributed by atoms with Crippen molar-refractivity contribution in [3.63, 3.8) is 0 Å². The van der Waals surface area contributed by atoms with Gasteiger partial charge in [0.1, 0.15) is 11.3 Å². The van der Waals surface area contributed by atoms with E-state index in [9.17, 15) is 0 Å². The van der Waals surface area contributed by atoms with Crippen LogP contribution in [-0.4, -0.2) is 0 Å². The molecule has 0 amide bonds. The summed E-state index contributed by atoms with van der Waals surface area (Å²) in [7, 11) is 0. The molecule has 1 aromatic heterocycles. The molecule has 3 aromatic rings. The number of nitrogens with zero attached hydrogens (tertiary/aromatic N) is 1. The Balaban J connectivity index is 1.77. The maximum atomic E-state index is 8.84.